The quantitative estimate of drug-likeness (QED) is 0.587. The van der Waals surface area contributed by atoms with Crippen molar-refractivity contribution in [3.05, 3.63) is 0 Å². The van der Waals surface area contributed by atoms with Crippen LogP contribution in [-0.2, 0) is 28.7 Å². The lowest BCUT2D eigenvalue weighted by atomic mass is 10.2. The molecule has 0 fully saturated rings. The lowest BCUT2D eigenvalue weighted by Crippen LogP contribution is -2.40. The van der Waals surface area contributed by atoms with E-state index in [0.717, 1.165) is 19.1 Å². The van der Waals surface area contributed by atoms with Gasteiger partial charge in [0.15, 0.2) is 0 Å². The molecular formula is C10H15NO7. The smallest absolute Gasteiger partial charge is 0.325 e. The lowest BCUT2D eigenvalue weighted by Gasteiger charge is -2.19. The molecule has 0 aromatic carbocycles. The number of carbonyl (C=O) groups is 4. The maximum atomic E-state index is 11.6. The predicted molar refractivity (Wildman–Crippen MR) is 57.5 cm³/mol. The third-order valence-corrected chi connectivity index (χ3v) is 2.00. The molecule has 102 valence electrons. The van der Waals surface area contributed by atoms with Gasteiger partial charge in [-0.25, -0.2) is 0 Å². The van der Waals surface area contributed by atoms with Crippen molar-refractivity contribution in [3.63, 3.8) is 0 Å². The Hall–Kier alpha value is -2.12. The van der Waals surface area contributed by atoms with Crippen LogP contribution < -0.4 is 0 Å². The number of nitrogens with zero attached hydrogens (tertiary/aromatic N) is 1. The van der Waals surface area contributed by atoms with Gasteiger partial charge >= 0.3 is 17.9 Å². The average molecular weight is 261 g/mol. The van der Waals surface area contributed by atoms with Gasteiger partial charge in [0.1, 0.15) is 13.1 Å². The van der Waals surface area contributed by atoms with Crippen molar-refractivity contribution >= 4 is 23.8 Å². The Labute approximate surface area is 103 Å². The molecule has 0 aromatic rings. The van der Waals surface area contributed by atoms with Crippen molar-refractivity contribution in [2.75, 3.05) is 27.3 Å². The summed E-state index contributed by atoms with van der Waals surface area (Å²) in [4.78, 5) is 44.9. The molecule has 8 nitrogen and oxygen atoms in total. The zero-order valence-corrected chi connectivity index (χ0v) is 10.2. The third-order valence-electron chi connectivity index (χ3n) is 2.00. The molecule has 0 radical (unpaired) electrons. The van der Waals surface area contributed by atoms with Crippen LogP contribution in [0.2, 0.25) is 0 Å². The minimum Gasteiger partial charge on any atom is -0.481 e. The number of ether oxygens (including phenoxy) is 2. The Morgan fingerprint density at radius 3 is 1.72 bits per heavy atom. The van der Waals surface area contributed by atoms with Crippen LogP contribution in [0, 0.1) is 0 Å². The van der Waals surface area contributed by atoms with E-state index in [9.17, 15) is 19.2 Å². The molecule has 0 aliphatic rings. The van der Waals surface area contributed by atoms with Crippen LogP contribution in [0.5, 0.6) is 0 Å². The van der Waals surface area contributed by atoms with E-state index in [1.165, 1.54) is 0 Å². The molecule has 0 rings (SSSR count). The summed E-state index contributed by atoms with van der Waals surface area (Å²) in [7, 11) is 2.28. The van der Waals surface area contributed by atoms with Crippen molar-refractivity contribution in [1.29, 1.82) is 0 Å². The van der Waals surface area contributed by atoms with Gasteiger partial charge in [-0.3, -0.25) is 19.2 Å². The minimum atomic E-state index is -1.14. The number of esters is 2. The van der Waals surface area contributed by atoms with E-state index in [0.29, 0.717) is 0 Å². The lowest BCUT2D eigenvalue weighted by molar-refractivity contribution is -0.152. The van der Waals surface area contributed by atoms with E-state index in [1.54, 1.807) is 0 Å². The van der Waals surface area contributed by atoms with Gasteiger partial charge in [-0.05, 0) is 0 Å². The molecule has 0 atom stereocenters. The molecule has 8 heteroatoms. The number of aliphatic carboxylic acids is 1. The molecule has 0 unspecified atom stereocenters. The summed E-state index contributed by atoms with van der Waals surface area (Å²) >= 11 is 0. The molecule has 0 bridgehead atoms. The highest BCUT2D eigenvalue weighted by Gasteiger charge is 2.21. The number of amides is 1. The van der Waals surface area contributed by atoms with E-state index in [-0.39, 0.29) is 12.8 Å². The fourth-order valence-corrected chi connectivity index (χ4v) is 1.05. The maximum Gasteiger partial charge on any atom is 0.325 e. The van der Waals surface area contributed by atoms with E-state index in [2.05, 4.69) is 9.47 Å². The number of methoxy groups -OCH3 is 2. The highest BCUT2D eigenvalue weighted by Crippen LogP contribution is 2.00. The van der Waals surface area contributed by atoms with Crippen LogP contribution >= 0.6 is 0 Å². The van der Waals surface area contributed by atoms with Crippen molar-refractivity contribution in [2.24, 2.45) is 0 Å². The van der Waals surface area contributed by atoms with Gasteiger partial charge in [-0.1, -0.05) is 0 Å². The van der Waals surface area contributed by atoms with Crippen molar-refractivity contribution in [2.45, 2.75) is 12.8 Å². The van der Waals surface area contributed by atoms with Crippen LogP contribution in [0.1, 0.15) is 12.8 Å². The molecule has 0 saturated carbocycles. The summed E-state index contributed by atoms with van der Waals surface area (Å²) in [5, 5.41) is 8.45. The monoisotopic (exact) mass is 261 g/mol. The molecule has 1 amide bonds. The summed E-state index contributed by atoms with van der Waals surface area (Å²) in [6.45, 7) is -0.853. The fraction of sp³-hybridized carbons (Fsp3) is 0.600. The first kappa shape index (κ1) is 15.9. The molecule has 0 aliphatic carbocycles. The summed E-state index contributed by atoms with van der Waals surface area (Å²) in [6, 6.07) is 0. The van der Waals surface area contributed by atoms with E-state index < -0.39 is 36.9 Å². The van der Waals surface area contributed by atoms with E-state index in [4.69, 9.17) is 5.11 Å². The Bertz CT molecular complexity index is 321. The first-order valence-electron chi connectivity index (χ1n) is 5.04. The Kier molecular flexibility index (Phi) is 7.10. The highest BCUT2D eigenvalue weighted by atomic mass is 16.5. The van der Waals surface area contributed by atoms with Gasteiger partial charge in [0.05, 0.1) is 20.6 Å². The van der Waals surface area contributed by atoms with Gasteiger partial charge in [0.2, 0.25) is 5.91 Å². The molecule has 0 aliphatic heterocycles. The predicted octanol–water partition coefficient (Wildman–Crippen LogP) is -0.974. The summed E-state index contributed by atoms with van der Waals surface area (Å²) in [6.07, 6.45) is -0.680. The number of carboxylic acids is 1. The van der Waals surface area contributed by atoms with Crippen molar-refractivity contribution < 1.29 is 33.8 Å². The Morgan fingerprint density at radius 2 is 1.39 bits per heavy atom. The van der Waals surface area contributed by atoms with Gasteiger partial charge in [-0.2, -0.15) is 0 Å². The third kappa shape index (κ3) is 6.46. The van der Waals surface area contributed by atoms with Crippen LogP contribution in [0.4, 0.5) is 0 Å². The van der Waals surface area contributed by atoms with Crippen LogP contribution in [-0.4, -0.2) is 61.1 Å². The van der Waals surface area contributed by atoms with Crippen LogP contribution in [0.25, 0.3) is 0 Å². The average Bonchev–Trinajstić information content (AvgIpc) is 2.34. The van der Waals surface area contributed by atoms with Crippen LogP contribution in [0.3, 0.4) is 0 Å². The first-order chi connectivity index (χ1) is 8.40. The topological polar surface area (TPSA) is 110 Å². The molecule has 1 N–H and O–H groups in total. The molecule has 18 heavy (non-hydrogen) atoms. The van der Waals surface area contributed by atoms with Gasteiger partial charge < -0.3 is 19.5 Å². The molecule has 0 heterocycles. The fourth-order valence-electron chi connectivity index (χ4n) is 1.05. The van der Waals surface area contributed by atoms with Crippen LogP contribution in [0.15, 0.2) is 0 Å². The summed E-state index contributed by atoms with van der Waals surface area (Å²) in [5.74, 6) is -3.18. The van der Waals surface area contributed by atoms with Crippen molar-refractivity contribution in [1.82, 2.24) is 4.90 Å². The number of carbonyl (C=O) groups excluding carboxylic acids is 3. The first-order valence-corrected chi connectivity index (χ1v) is 5.04. The molecular weight excluding hydrogens is 246 g/mol. The molecule has 0 saturated heterocycles. The largest absolute Gasteiger partial charge is 0.481 e. The highest BCUT2D eigenvalue weighted by molar-refractivity contribution is 5.87. The number of carboxylic acid groups (broad SMARTS) is 1. The zero-order valence-electron chi connectivity index (χ0n) is 10.2. The zero-order chi connectivity index (χ0) is 14.1. The van der Waals surface area contributed by atoms with Crippen molar-refractivity contribution in [3.8, 4) is 0 Å². The minimum absolute atomic E-state index is 0.302. The summed E-state index contributed by atoms with van der Waals surface area (Å²) < 4.78 is 8.74. The number of rotatable bonds is 7. The second-order valence-electron chi connectivity index (χ2n) is 3.30. The molecule has 0 spiro atoms. The molecule has 0 aromatic heterocycles. The van der Waals surface area contributed by atoms with E-state index in [1.807, 2.05) is 0 Å². The number of hydrogen-bond donors (Lipinski definition) is 1. The SMILES string of the molecule is COC(=O)CN(CC(=O)OC)C(=O)CCC(=O)O. The van der Waals surface area contributed by atoms with Gasteiger partial charge in [0.25, 0.3) is 0 Å². The second kappa shape index (κ2) is 8.04. The maximum absolute atomic E-state index is 11.6. The Balaban J connectivity index is 4.52. The normalized spacial score (nSPS) is 9.44. The summed E-state index contributed by atoms with van der Waals surface area (Å²) in [5.41, 5.74) is 0. The Morgan fingerprint density at radius 1 is 0.944 bits per heavy atom. The van der Waals surface area contributed by atoms with Gasteiger partial charge in [-0.15, -0.1) is 0 Å². The van der Waals surface area contributed by atoms with Gasteiger partial charge in [0, 0.05) is 6.42 Å². The number of hydrogen-bond acceptors (Lipinski definition) is 6. The standard InChI is InChI=1S/C10H15NO7/c1-17-9(15)5-11(6-10(16)18-2)7(12)3-4-8(13)14/h3-6H2,1-2H3,(H,13,14). The van der Waals surface area contributed by atoms with E-state index >= 15 is 0 Å². The second-order valence-corrected chi connectivity index (χ2v) is 3.30.